The maximum atomic E-state index is 7.81. The van der Waals surface area contributed by atoms with E-state index >= 15 is 0 Å². The summed E-state index contributed by atoms with van der Waals surface area (Å²) in [6.45, 7) is -3.47. The van der Waals surface area contributed by atoms with Crippen LogP contribution in [0.1, 0.15) is 21.3 Å². The van der Waals surface area contributed by atoms with Crippen LogP contribution in [-0.2, 0) is 0 Å². The summed E-state index contributed by atoms with van der Waals surface area (Å²) in [4.78, 5) is 0. The van der Waals surface area contributed by atoms with Gasteiger partial charge in [0.15, 0.2) is 0 Å². The van der Waals surface area contributed by atoms with E-state index in [0.717, 1.165) is 0 Å². The van der Waals surface area contributed by atoms with Gasteiger partial charge < -0.3 is 15.5 Å². The smallest absolute Gasteiger partial charge is 0.293 e. The summed E-state index contributed by atoms with van der Waals surface area (Å²) < 4.78 is 73.1. The van der Waals surface area contributed by atoms with Gasteiger partial charge in [-0.3, -0.25) is 0 Å². The predicted octanol–water partition coefficient (Wildman–Crippen LogP) is 0.645. The van der Waals surface area contributed by atoms with Crippen molar-refractivity contribution in [2.24, 2.45) is 0 Å². The highest BCUT2D eigenvalue weighted by molar-refractivity contribution is 5.28. The summed E-state index contributed by atoms with van der Waals surface area (Å²) in [6.07, 6.45) is -1.50. The zero-order valence-corrected chi connectivity index (χ0v) is 6.05. The number of hydrogen-bond acceptors (Lipinski definition) is 3. The Balaban J connectivity index is 3.37. The first-order valence-electron chi connectivity index (χ1n) is 7.94. The van der Waals surface area contributed by atoms with Crippen LogP contribution in [0.15, 0.2) is 24.2 Å². The van der Waals surface area contributed by atoms with Gasteiger partial charge in [0.25, 0.3) is 1.43 Å². The van der Waals surface area contributed by atoms with Crippen LogP contribution in [0.5, 0.6) is 5.75 Å². The molecule has 0 saturated heterocycles. The van der Waals surface area contributed by atoms with Crippen molar-refractivity contribution < 1.29 is 21.2 Å². The van der Waals surface area contributed by atoms with Crippen molar-refractivity contribution in [3.63, 3.8) is 0 Å². The van der Waals surface area contributed by atoms with Crippen molar-refractivity contribution in [3.05, 3.63) is 29.7 Å². The number of phenols is 1. The van der Waals surface area contributed by atoms with Gasteiger partial charge in [0.2, 0.25) is 1.43 Å². The lowest BCUT2D eigenvalue weighted by Gasteiger charge is -2.09. The molecule has 0 fully saturated rings. The molecule has 0 bridgehead atoms. The van der Waals surface area contributed by atoms with Gasteiger partial charge in [0, 0.05) is 10.7 Å². The van der Waals surface area contributed by atoms with Crippen molar-refractivity contribution in [1.82, 2.24) is 5.31 Å². The SMILES string of the molecule is [2H]Oc1c([2H])c([2H])c([2H])c(C(CN([2H])C([2H])([2H])[2H])O[2H])c1[2H]. The van der Waals surface area contributed by atoms with Gasteiger partial charge in [-0.1, -0.05) is 12.1 Å². The second kappa shape index (κ2) is 4.09. The largest absolute Gasteiger partial charge is 0.508 e. The minimum absolute atomic E-state index is 0.143. The van der Waals surface area contributed by atoms with Crippen LogP contribution >= 0.6 is 0 Å². The number of rotatable bonds is 5. The highest BCUT2D eigenvalue weighted by Gasteiger charge is 2.05. The lowest BCUT2D eigenvalue weighted by molar-refractivity contribution is 0.177. The van der Waals surface area contributed by atoms with Gasteiger partial charge in [-0.2, -0.15) is 0 Å². The Bertz CT molecular complexity index is 548. The number of benzene rings is 1. The van der Waals surface area contributed by atoms with Gasteiger partial charge in [-0.25, -0.2) is 0 Å². The monoisotopic (exact) mass is 177 g/mol. The number of aliphatic hydroxyl groups excluding tert-OH is 1. The van der Waals surface area contributed by atoms with Gasteiger partial charge in [0.05, 0.1) is 11.6 Å². The summed E-state index contributed by atoms with van der Waals surface area (Å²) in [5, 5.41) is 8.54. The number of likely N-dealkylation sites (N-methyl/N-ethyl adjacent to an activating group) is 1. The van der Waals surface area contributed by atoms with Crippen LogP contribution in [0.4, 0.5) is 0 Å². The van der Waals surface area contributed by atoms with Gasteiger partial charge in [-0.15, -0.1) is 0 Å². The lowest BCUT2D eigenvalue weighted by Crippen LogP contribution is -2.16. The van der Waals surface area contributed by atoms with E-state index in [2.05, 4.69) is 10.2 Å². The second-order valence-electron chi connectivity index (χ2n) is 2.07. The quantitative estimate of drug-likeness (QED) is 0.619. The average molecular weight is 177 g/mol. The minimum atomic E-state index is -2.80. The molecular weight excluding hydrogens is 154 g/mol. The normalized spacial score (nSPS) is 25.8. The molecule has 66 valence electrons. The van der Waals surface area contributed by atoms with E-state index in [1.807, 2.05) is 0 Å². The molecule has 0 spiro atoms. The fraction of sp³-hybridized carbons (Fsp3) is 0.333. The highest BCUT2D eigenvalue weighted by Crippen LogP contribution is 2.17. The maximum absolute atomic E-state index is 7.81. The molecule has 1 rings (SSSR count). The van der Waals surface area contributed by atoms with E-state index in [-0.39, 0.29) is 10.9 Å². The van der Waals surface area contributed by atoms with Crippen LogP contribution in [-0.4, -0.2) is 26.6 Å². The molecule has 0 aliphatic heterocycles. The first-order chi connectivity index (χ1) is 10.1. The number of aliphatic hydroxyl groups is 1. The molecule has 0 aliphatic rings. The van der Waals surface area contributed by atoms with Gasteiger partial charge in [0.1, 0.15) is 7.16 Å². The molecule has 0 heterocycles. The van der Waals surface area contributed by atoms with Crippen LogP contribution < -0.4 is 5.31 Å². The molecule has 0 amide bonds. The van der Waals surface area contributed by atoms with E-state index < -0.39 is 49.5 Å². The standard InChI is InChI=1S/C9H13NO2/c1-10-6-9(12)7-3-2-4-8(11)5-7/h2-5,9-12H,6H2,1H3/i1D3,2D,3D,4D,5D,12D/hD2. The minimum Gasteiger partial charge on any atom is -0.508 e. The summed E-state index contributed by atoms with van der Waals surface area (Å²) in [6, 6.07) is -2.54. The summed E-state index contributed by atoms with van der Waals surface area (Å²) in [5.74, 6) is -0.608. The summed E-state index contributed by atoms with van der Waals surface area (Å²) in [5.41, 5.74) is -0.389. The molecule has 0 aromatic heterocycles. The molecule has 0 saturated carbocycles. The average Bonchev–Trinajstić information content (AvgIpc) is 2.43. The molecular formula is C9H13NO2. The molecule has 12 heavy (non-hydrogen) atoms. The van der Waals surface area contributed by atoms with Crippen molar-refractivity contribution in [2.75, 3.05) is 13.5 Å². The molecule has 1 unspecified atom stereocenters. The molecule has 0 aliphatic carbocycles. The molecule has 1 aromatic rings. The van der Waals surface area contributed by atoms with E-state index in [9.17, 15) is 0 Å². The fourth-order valence-corrected chi connectivity index (χ4v) is 0.675. The van der Waals surface area contributed by atoms with Crippen LogP contribution in [0.2, 0.25) is 1.41 Å². The van der Waals surface area contributed by atoms with Crippen molar-refractivity contribution in [1.29, 1.82) is 2.86 Å². The van der Waals surface area contributed by atoms with Crippen molar-refractivity contribution >= 4 is 0 Å². The zero-order chi connectivity index (χ0) is 17.2. The predicted molar refractivity (Wildman–Crippen MR) is 47.0 cm³/mol. The summed E-state index contributed by atoms with van der Waals surface area (Å²) in [7, 11) is 0. The van der Waals surface area contributed by atoms with Gasteiger partial charge >= 0.3 is 0 Å². The van der Waals surface area contributed by atoms with Crippen molar-refractivity contribution in [3.8, 4) is 5.75 Å². The third-order valence-electron chi connectivity index (χ3n) is 1.20. The van der Waals surface area contributed by atoms with Gasteiger partial charge in [-0.05, 0) is 24.6 Å². The van der Waals surface area contributed by atoms with E-state index in [4.69, 9.17) is 13.9 Å². The topological polar surface area (TPSA) is 52.5 Å². The lowest BCUT2D eigenvalue weighted by atomic mass is 10.1. The second-order valence-corrected chi connectivity index (χ2v) is 2.07. The van der Waals surface area contributed by atoms with E-state index in [1.165, 1.54) is 0 Å². The molecule has 1 atom stereocenters. The first kappa shape index (κ1) is 2.47. The number of aromatic hydroxyl groups is 1. The number of phenolic OH excluding ortho intramolecular Hbond substituents is 1. The van der Waals surface area contributed by atoms with Crippen molar-refractivity contribution in [2.45, 2.75) is 6.10 Å². The van der Waals surface area contributed by atoms with E-state index in [1.54, 1.807) is 0 Å². The van der Waals surface area contributed by atoms with Crippen LogP contribution in [0, 0.1) is 0 Å². The Labute approximate surface area is 85.9 Å². The Morgan fingerprint density at radius 3 is 3.67 bits per heavy atom. The Morgan fingerprint density at radius 1 is 1.92 bits per heavy atom. The summed E-state index contributed by atoms with van der Waals surface area (Å²) >= 11 is 0. The fourth-order valence-electron chi connectivity index (χ4n) is 0.675. The maximum Gasteiger partial charge on any atom is 0.293 e. The van der Waals surface area contributed by atoms with Crippen LogP contribution in [0.25, 0.3) is 0 Å². The van der Waals surface area contributed by atoms with E-state index in [0.29, 0.717) is 0 Å². The molecule has 1 aromatic carbocycles. The molecule has 3 nitrogen and oxygen atoms in total. The number of hydrogen-bond donors (Lipinski definition) is 3. The highest BCUT2D eigenvalue weighted by atomic mass is 16.3. The zero-order valence-electron chi connectivity index (χ0n) is 16.0. The Morgan fingerprint density at radius 2 is 2.92 bits per heavy atom. The third-order valence-corrected chi connectivity index (χ3v) is 1.20. The first-order valence-corrected chi connectivity index (χ1v) is 3.18. The molecule has 3 N–H and O–H groups in total. The molecule has 0 radical (unpaired) electrons. The third kappa shape index (κ3) is 2.22. The Hall–Kier alpha value is -1.06. The molecule has 3 heteroatoms. The van der Waals surface area contributed by atoms with Crippen LogP contribution in [0.3, 0.4) is 0 Å². The Kier molecular flexibility index (Phi) is 0.840. The number of nitrogens with one attached hydrogen (secondary N) is 1.